The summed E-state index contributed by atoms with van der Waals surface area (Å²) in [5, 5.41) is 6.24. The van der Waals surface area contributed by atoms with E-state index in [0.717, 1.165) is 45.8 Å². The number of aromatic amines is 1. The molecule has 3 aromatic rings. The van der Waals surface area contributed by atoms with E-state index in [1.165, 1.54) is 12.1 Å². The number of anilines is 1. The molecule has 0 radical (unpaired) electrons. The first-order chi connectivity index (χ1) is 19.8. The summed E-state index contributed by atoms with van der Waals surface area (Å²) >= 11 is 0. The maximum absolute atomic E-state index is 13.7. The standard InChI is InChI=1S/C29H38FN7O4/c1-19(2)33-27(38)29(3)17-40-26(41-18-29)25-35-23(20-5-7-21(30)8-6-20)24(36-25)22-9-11-32-28(34-22)31-10-4-12-37-13-15-39-16-14-37/h5-9,11,19,26H,4,10,12-18H2,1-3H3,(H,33,38)(H,35,36)(H,31,32,34). The SMILES string of the molecule is CC(C)NC(=O)C1(C)COC(c2nc(-c3ccc(F)cc3)c(-c3ccnc(NCCCN4CCOCC4)n3)[nH]2)OC1. The molecule has 2 aromatic heterocycles. The Morgan fingerprint density at radius 3 is 2.59 bits per heavy atom. The van der Waals surface area contributed by atoms with Crippen LogP contribution in [-0.4, -0.2) is 89.4 Å². The van der Waals surface area contributed by atoms with Crippen LogP contribution < -0.4 is 10.6 Å². The molecule has 0 spiro atoms. The molecule has 12 heteroatoms. The van der Waals surface area contributed by atoms with Crippen molar-refractivity contribution in [2.24, 2.45) is 5.41 Å². The van der Waals surface area contributed by atoms with Gasteiger partial charge in [-0.15, -0.1) is 0 Å². The number of amides is 1. The smallest absolute Gasteiger partial charge is 0.230 e. The first-order valence-electron chi connectivity index (χ1n) is 14.1. The van der Waals surface area contributed by atoms with Crippen molar-refractivity contribution in [3.8, 4) is 22.6 Å². The van der Waals surface area contributed by atoms with Gasteiger partial charge < -0.3 is 29.8 Å². The van der Waals surface area contributed by atoms with Crippen molar-refractivity contribution < 1.29 is 23.4 Å². The lowest BCUT2D eigenvalue weighted by molar-refractivity contribution is -0.231. The Balaban J connectivity index is 1.32. The van der Waals surface area contributed by atoms with E-state index in [9.17, 15) is 9.18 Å². The molecule has 11 nitrogen and oxygen atoms in total. The number of carbonyl (C=O) groups is 1. The van der Waals surface area contributed by atoms with E-state index in [1.807, 2.05) is 20.8 Å². The highest BCUT2D eigenvalue weighted by atomic mass is 19.1. The summed E-state index contributed by atoms with van der Waals surface area (Å²) in [4.78, 5) is 32.3. The molecule has 2 aliphatic rings. The molecule has 1 aromatic carbocycles. The summed E-state index contributed by atoms with van der Waals surface area (Å²) in [5.74, 6) is 0.477. The molecule has 0 aliphatic carbocycles. The normalized spacial score (nSPS) is 21.6. The number of ether oxygens (including phenoxy) is 3. The van der Waals surface area contributed by atoms with Gasteiger partial charge in [0.15, 0.2) is 5.82 Å². The van der Waals surface area contributed by atoms with Crippen molar-refractivity contribution in [2.75, 3.05) is 57.9 Å². The number of morpholine rings is 1. The number of aromatic nitrogens is 4. The molecule has 5 rings (SSSR count). The number of carbonyl (C=O) groups excluding carboxylic acids is 1. The molecule has 0 bridgehead atoms. The van der Waals surface area contributed by atoms with Gasteiger partial charge in [-0.2, -0.15) is 0 Å². The monoisotopic (exact) mass is 567 g/mol. The van der Waals surface area contributed by atoms with Crippen molar-refractivity contribution in [2.45, 2.75) is 39.5 Å². The van der Waals surface area contributed by atoms with Crippen LogP contribution >= 0.6 is 0 Å². The highest BCUT2D eigenvalue weighted by Gasteiger charge is 2.41. The fourth-order valence-electron chi connectivity index (χ4n) is 4.75. The zero-order valence-corrected chi connectivity index (χ0v) is 23.8. The molecular formula is C29H38FN7O4. The number of imidazole rings is 1. The molecular weight excluding hydrogens is 529 g/mol. The lowest BCUT2D eigenvalue weighted by Crippen LogP contribution is -2.50. The van der Waals surface area contributed by atoms with E-state index in [2.05, 4.69) is 25.5 Å². The largest absolute Gasteiger partial charge is 0.379 e. The van der Waals surface area contributed by atoms with Gasteiger partial charge in [-0.1, -0.05) is 0 Å². The van der Waals surface area contributed by atoms with E-state index in [0.29, 0.717) is 34.4 Å². The lowest BCUT2D eigenvalue weighted by Gasteiger charge is -2.35. The third-order valence-electron chi connectivity index (χ3n) is 7.09. The van der Waals surface area contributed by atoms with Crippen molar-refractivity contribution in [3.63, 3.8) is 0 Å². The fraction of sp³-hybridized carbons (Fsp3) is 0.517. The van der Waals surface area contributed by atoms with Gasteiger partial charge >= 0.3 is 0 Å². The van der Waals surface area contributed by atoms with Crippen molar-refractivity contribution in [1.29, 1.82) is 0 Å². The number of hydrogen-bond donors (Lipinski definition) is 3. The Bertz CT molecular complexity index is 1300. The Hall–Kier alpha value is -3.45. The van der Waals surface area contributed by atoms with E-state index >= 15 is 0 Å². The number of benzene rings is 1. The average Bonchev–Trinajstić information content (AvgIpc) is 3.42. The van der Waals surface area contributed by atoms with E-state index in [1.54, 1.807) is 24.4 Å². The molecule has 0 atom stereocenters. The average molecular weight is 568 g/mol. The highest BCUT2D eigenvalue weighted by molar-refractivity contribution is 5.83. The minimum Gasteiger partial charge on any atom is -0.379 e. The Labute approximate surface area is 239 Å². The topological polar surface area (TPSA) is 127 Å². The summed E-state index contributed by atoms with van der Waals surface area (Å²) in [7, 11) is 0. The molecule has 0 unspecified atom stereocenters. The van der Waals surface area contributed by atoms with Gasteiger partial charge in [0.1, 0.15) is 5.82 Å². The highest BCUT2D eigenvalue weighted by Crippen LogP contribution is 2.35. The fourth-order valence-corrected chi connectivity index (χ4v) is 4.75. The molecule has 41 heavy (non-hydrogen) atoms. The number of nitrogens with zero attached hydrogens (tertiary/aromatic N) is 4. The molecule has 0 saturated carbocycles. The van der Waals surface area contributed by atoms with Crippen LogP contribution in [0.2, 0.25) is 0 Å². The molecule has 4 heterocycles. The van der Waals surface area contributed by atoms with Gasteiger partial charge in [0.2, 0.25) is 18.1 Å². The van der Waals surface area contributed by atoms with Gasteiger partial charge in [0.25, 0.3) is 0 Å². The predicted octanol–water partition coefficient (Wildman–Crippen LogP) is 3.38. The van der Waals surface area contributed by atoms with Crippen LogP contribution in [0.15, 0.2) is 36.5 Å². The van der Waals surface area contributed by atoms with Crippen LogP contribution in [-0.2, 0) is 19.0 Å². The van der Waals surface area contributed by atoms with Crippen LogP contribution in [0, 0.1) is 11.2 Å². The van der Waals surface area contributed by atoms with Crippen molar-refractivity contribution >= 4 is 11.9 Å². The predicted molar refractivity (Wildman–Crippen MR) is 151 cm³/mol. The quantitative estimate of drug-likeness (QED) is 0.316. The minimum atomic E-state index is -0.815. The summed E-state index contributed by atoms with van der Waals surface area (Å²) < 4.78 is 31.1. The van der Waals surface area contributed by atoms with Gasteiger partial charge in [-0.05, 0) is 64.1 Å². The Kier molecular flexibility index (Phi) is 9.23. The third-order valence-corrected chi connectivity index (χ3v) is 7.09. The van der Waals surface area contributed by atoms with E-state index in [-0.39, 0.29) is 31.0 Å². The number of halogens is 1. The first kappa shape index (κ1) is 29.1. The van der Waals surface area contributed by atoms with Crippen LogP contribution in [0.5, 0.6) is 0 Å². The summed E-state index contributed by atoms with van der Waals surface area (Å²) in [6, 6.07) is 7.92. The van der Waals surface area contributed by atoms with E-state index in [4.69, 9.17) is 24.2 Å². The number of rotatable bonds is 10. The van der Waals surface area contributed by atoms with Crippen molar-refractivity contribution in [1.82, 2.24) is 30.2 Å². The molecule has 220 valence electrons. The molecule has 1 amide bonds. The summed E-state index contributed by atoms with van der Waals surface area (Å²) in [6.45, 7) is 11.2. The molecule has 2 saturated heterocycles. The van der Waals surface area contributed by atoms with Gasteiger partial charge in [-0.3, -0.25) is 9.69 Å². The lowest BCUT2D eigenvalue weighted by atomic mass is 9.90. The second-order valence-corrected chi connectivity index (χ2v) is 11.0. The van der Waals surface area contributed by atoms with Gasteiger partial charge in [0, 0.05) is 37.4 Å². The number of H-pyrrole nitrogens is 1. The van der Waals surface area contributed by atoms with Gasteiger partial charge in [-0.25, -0.2) is 19.3 Å². The first-order valence-corrected chi connectivity index (χ1v) is 14.1. The molecule has 2 fully saturated rings. The minimum absolute atomic E-state index is 0.0139. The molecule has 2 aliphatic heterocycles. The van der Waals surface area contributed by atoms with E-state index < -0.39 is 11.7 Å². The van der Waals surface area contributed by atoms with Crippen LogP contribution in [0.1, 0.15) is 39.3 Å². The van der Waals surface area contributed by atoms with Crippen LogP contribution in [0.3, 0.4) is 0 Å². The molecule has 3 N–H and O–H groups in total. The second-order valence-electron chi connectivity index (χ2n) is 11.0. The zero-order chi connectivity index (χ0) is 28.8. The maximum Gasteiger partial charge on any atom is 0.230 e. The third kappa shape index (κ3) is 7.25. The maximum atomic E-state index is 13.7. The Morgan fingerprint density at radius 1 is 1.15 bits per heavy atom. The van der Waals surface area contributed by atoms with Crippen molar-refractivity contribution in [3.05, 3.63) is 48.2 Å². The summed E-state index contributed by atoms with van der Waals surface area (Å²) in [6.07, 6.45) is 1.84. The zero-order valence-electron chi connectivity index (χ0n) is 23.8. The van der Waals surface area contributed by atoms with Gasteiger partial charge in [0.05, 0.1) is 48.9 Å². The number of hydrogen-bond acceptors (Lipinski definition) is 9. The summed E-state index contributed by atoms with van der Waals surface area (Å²) in [5.41, 5.74) is 1.72. The Morgan fingerprint density at radius 2 is 1.88 bits per heavy atom. The number of nitrogens with one attached hydrogen (secondary N) is 3. The van der Waals surface area contributed by atoms with Crippen LogP contribution in [0.25, 0.3) is 22.6 Å². The second kappa shape index (κ2) is 13.0. The van der Waals surface area contributed by atoms with Crippen LogP contribution in [0.4, 0.5) is 10.3 Å².